The van der Waals surface area contributed by atoms with Crippen LogP contribution in [0.25, 0.3) is 0 Å². The molecule has 0 radical (unpaired) electrons. The van der Waals surface area contributed by atoms with E-state index >= 15 is 0 Å². The SMILES string of the molecule is CC1CN(CCOc2ccc(N)cc2)CC(C)O1. The van der Waals surface area contributed by atoms with Gasteiger partial charge >= 0.3 is 0 Å². The lowest BCUT2D eigenvalue weighted by molar-refractivity contribution is -0.0699. The fourth-order valence-corrected chi connectivity index (χ4v) is 2.32. The van der Waals surface area contributed by atoms with E-state index in [0.717, 1.165) is 31.1 Å². The van der Waals surface area contributed by atoms with E-state index in [2.05, 4.69) is 18.7 Å². The highest BCUT2D eigenvalue weighted by Crippen LogP contribution is 2.14. The molecule has 0 amide bonds. The lowest BCUT2D eigenvalue weighted by Gasteiger charge is -2.35. The number of ether oxygens (including phenoxy) is 2. The normalized spacial score (nSPS) is 25.0. The molecule has 2 N–H and O–H groups in total. The van der Waals surface area contributed by atoms with Gasteiger partial charge in [0.05, 0.1) is 12.2 Å². The minimum atomic E-state index is 0.310. The van der Waals surface area contributed by atoms with Crippen molar-refractivity contribution in [2.45, 2.75) is 26.1 Å². The van der Waals surface area contributed by atoms with E-state index in [1.54, 1.807) is 0 Å². The van der Waals surface area contributed by atoms with Crippen LogP contribution in [-0.4, -0.2) is 43.3 Å². The van der Waals surface area contributed by atoms with E-state index in [9.17, 15) is 0 Å². The van der Waals surface area contributed by atoms with Gasteiger partial charge in [-0.2, -0.15) is 0 Å². The summed E-state index contributed by atoms with van der Waals surface area (Å²) in [6.45, 7) is 7.82. The van der Waals surface area contributed by atoms with Crippen LogP contribution in [0.4, 0.5) is 5.69 Å². The maximum atomic E-state index is 5.70. The summed E-state index contributed by atoms with van der Waals surface area (Å²) in [5.41, 5.74) is 6.39. The molecule has 100 valence electrons. The van der Waals surface area contributed by atoms with E-state index in [1.807, 2.05) is 24.3 Å². The Morgan fingerprint density at radius 1 is 1.22 bits per heavy atom. The third kappa shape index (κ3) is 3.89. The average Bonchev–Trinajstić information content (AvgIpc) is 2.30. The molecule has 1 aromatic carbocycles. The van der Waals surface area contributed by atoms with Crippen molar-refractivity contribution >= 4 is 5.69 Å². The van der Waals surface area contributed by atoms with Crippen molar-refractivity contribution in [1.82, 2.24) is 4.90 Å². The zero-order chi connectivity index (χ0) is 13.0. The molecule has 1 aromatic rings. The van der Waals surface area contributed by atoms with Crippen LogP contribution >= 0.6 is 0 Å². The Hall–Kier alpha value is -1.26. The molecule has 2 unspecified atom stereocenters. The summed E-state index contributed by atoms with van der Waals surface area (Å²) in [5.74, 6) is 0.874. The van der Waals surface area contributed by atoms with Crippen LogP contribution < -0.4 is 10.5 Å². The van der Waals surface area contributed by atoms with E-state index in [4.69, 9.17) is 15.2 Å². The maximum Gasteiger partial charge on any atom is 0.119 e. The minimum Gasteiger partial charge on any atom is -0.492 e. The number of nitrogens with two attached hydrogens (primary N) is 1. The van der Waals surface area contributed by atoms with E-state index in [-0.39, 0.29) is 0 Å². The van der Waals surface area contributed by atoms with Crippen LogP contribution in [0.5, 0.6) is 5.75 Å². The Morgan fingerprint density at radius 2 is 1.83 bits per heavy atom. The summed E-state index contributed by atoms with van der Waals surface area (Å²) in [6, 6.07) is 7.52. The molecule has 2 atom stereocenters. The van der Waals surface area contributed by atoms with Crippen LogP contribution in [0.1, 0.15) is 13.8 Å². The number of rotatable bonds is 4. The first-order valence-electron chi connectivity index (χ1n) is 6.49. The molecule has 0 bridgehead atoms. The third-order valence-corrected chi connectivity index (χ3v) is 3.05. The van der Waals surface area contributed by atoms with Gasteiger partial charge in [0.1, 0.15) is 12.4 Å². The second-order valence-corrected chi connectivity index (χ2v) is 4.93. The van der Waals surface area contributed by atoms with Gasteiger partial charge in [-0.3, -0.25) is 4.90 Å². The molecule has 1 aliphatic heterocycles. The monoisotopic (exact) mass is 250 g/mol. The van der Waals surface area contributed by atoms with Crippen molar-refractivity contribution in [3.63, 3.8) is 0 Å². The van der Waals surface area contributed by atoms with Gasteiger partial charge in [0.15, 0.2) is 0 Å². The Morgan fingerprint density at radius 3 is 2.44 bits per heavy atom. The number of nitrogens with zero attached hydrogens (tertiary/aromatic N) is 1. The molecule has 4 nitrogen and oxygen atoms in total. The van der Waals surface area contributed by atoms with E-state index in [0.29, 0.717) is 18.8 Å². The average molecular weight is 250 g/mol. The number of benzene rings is 1. The molecule has 18 heavy (non-hydrogen) atoms. The molecule has 0 aliphatic carbocycles. The summed E-state index contributed by atoms with van der Waals surface area (Å²) in [5, 5.41) is 0. The van der Waals surface area contributed by atoms with E-state index in [1.165, 1.54) is 0 Å². The van der Waals surface area contributed by atoms with Gasteiger partial charge in [-0.15, -0.1) is 0 Å². The predicted octanol–water partition coefficient (Wildman–Crippen LogP) is 1.76. The maximum absolute atomic E-state index is 5.70. The van der Waals surface area contributed by atoms with Gasteiger partial charge in [0.25, 0.3) is 0 Å². The first-order valence-corrected chi connectivity index (χ1v) is 6.49. The summed E-state index contributed by atoms with van der Waals surface area (Å²) in [7, 11) is 0. The zero-order valence-corrected chi connectivity index (χ0v) is 11.1. The Balaban J connectivity index is 1.73. The summed E-state index contributed by atoms with van der Waals surface area (Å²) in [6.07, 6.45) is 0.621. The summed E-state index contributed by atoms with van der Waals surface area (Å²) in [4.78, 5) is 2.39. The third-order valence-electron chi connectivity index (χ3n) is 3.05. The fourth-order valence-electron chi connectivity index (χ4n) is 2.32. The van der Waals surface area contributed by atoms with Crippen molar-refractivity contribution < 1.29 is 9.47 Å². The van der Waals surface area contributed by atoms with E-state index < -0.39 is 0 Å². The molecule has 0 saturated carbocycles. The largest absolute Gasteiger partial charge is 0.492 e. The van der Waals surface area contributed by atoms with Crippen LogP contribution in [0, 0.1) is 0 Å². The predicted molar refractivity (Wildman–Crippen MR) is 72.8 cm³/mol. The van der Waals surface area contributed by atoms with Gasteiger partial charge in [-0.1, -0.05) is 0 Å². The van der Waals surface area contributed by atoms with Crippen LogP contribution in [0.3, 0.4) is 0 Å². The van der Waals surface area contributed by atoms with Crippen LogP contribution in [0.15, 0.2) is 24.3 Å². The Labute approximate surface area is 109 Å². The number of hydrogen-bond donors (Lipinski definition) is 1. The first kappa shape index (κ1) is 13.2. The molecule has 0 aromatic heterocycles. The van der Waals surface area contributed by atoms with Crippen molar-refractivity contribution in [2.75, 3.05) is 32.0 Å². The van der Waals surface area contributed by atoms with Crippen LogP contribution in [-0.2, 0) is 4.74 Å². The second-order valence-electron chi connectivity index (χ2n) is 4.93. The van der Waals surface area contributed by atoms with Gasteiger partial charge < -0.3 is 15.2 Å². The highest BCUT2D eigenvalue weighted by molar-refractivity contribution is 5.41. The first-order chi connectivity index (χ1) is 8.63. The van der Waals surface area contributed by atoms with Crippen LogP contribution in [0.2, 0.25) is 0 Å². The molecule has 4 heteroatoms. The summed E-state index contributed by atoms with van der Waals surface area (Å²) < 4.78 is 11.4. The zero-order valence-electron chi connectivity index (χ0n) is 11.1. The molecule has 2 rings (SSSR count). The van der Waals surface area contributed by atoms with Crippen molar-refractivity contribution in [1.29, 1.82) is 0 Å². The second kappa shape index (κ2) is 6.07. The number of nitrogen functional groups attached to an aromatic ring is 1. The highest BCUT2D eigenvalue weighted by Gasteiger charge is 2.21. The topological polar surface area (TPSA) is 47.7 Å². The Kier molecular flexibility index (Phi) is 4.44. The molecule has 1 fully saturated rings. The standard InChI is InChI=1S/C14H22N2O2/c1-11-9-16(10-12(2)18-11)7-8-17-14-5-3-13(15)4-6-14/h3-6,11-12H,7-10,15H2,1-2H3. The smallest absolute Gasteiger partial charge is 0.119 e. The van der Waals surface area contributed by atoms with Gasteiger partial charge in [0, 0.05) is 25.3 Å². The summed E-state index contributed by atoms with van der Waals surface area (Å²) >= 11 is 0. The molecule has 0 spiro atoms. The molecule has 1 saturated heterocycles. The lowest BCUT2D eigenvalue weighted by Crippen LogP contribution is -2.46. The molecule has 1 heterocycles. The lowest BCUT2D eigenvalue weighted by atomic mass is 10.2. The highest BCUT2D eigenvalue weighted by atomic mass is 16.5. The quantitative estimate of drug-likeness (QED) is 0.827. The van der Waals surface area contributed by atoms with Gasteiger partial charge in [-0.25, -0.2) is 0 Å². The minimum absolute atomic E-state index is 0.310. The number of anilines is 1. The van der Waals surface area contributed by atoms with Crippen molar-refractivity contribution in [3.05, 3.63) is 24.3 Å². The number of hydrogen-bond acceptors (Lipinski definition) is 4. The molecular formula is C14H22N2O2. The van der Waals surface area contributed by atoms with Crippen molar-refractivity contribution in [2.24, 2.45) is 0 Å². The fraction of sp³-hybridized carbons (Fsp3) is 0.571. The van der Waals surface area contributed by atoms with Crippen molar-refractivity contribution in [3.8, 4) is 5.75 Å². The molecular weight excluding hydrogens is 228 g/mol. The van der Waals surface area contributed by atoms with Gasteiger partial charge in [-0.05, 0) is 38.1 Å². The molecule has 1 aliphatic rings. The Bertz CT molecular complexity index is 357. The van der Waals surface area contributed by atoms with Gasteiger partial charge in [0.2, 0.25) is 0 Å². The number of morpholine rings is 1.